The van der Waals surface area contributed by atoms with Gasteiger partial charge in [-0.3, -0.25) is 4.79 Å². The largest absolute Gasteiger partial charge is 0.497 e. The third kappa shape index (κ3) is 5.87. The van der Waals surface area contributed by atoms with E-state index in [1.165, 1.54) is 0 Å². The van der Waals surface area contributed by atoms with Gasteiger partial charge in [-0.1, -0.05) is 42.5 Å². The van der Waals surface area contributed by atoms with E-state index in [0.717, 1.165) is 28.4 Å². The van der Waals surface area contributed by atoms with Crippen LogP contribution in [0.3, 0.4) is 0 Å². The Morgan fingerprint density at radius 2 is 1.73 bits per heavy atom. The molecule has 168 valence electrons. The lowest BCUT2D eigenvalue weighted by atomic mass is 10.1. The molecule has 33 heavy (non-hydrogen) atoms. The number of benzene rings is 3. The quantitative estimate of drug-likeness (QED) is 0.383. The number of aromatic nitrogens is 2. The number of methoxy groups -OCH3 is 2. The Balaban J connectivity index is 1.45. The Bertz CT molecular complexity index is 1230. The summed E-state index contributed by atoms with van der Waals surface area (Å²) in [5, 5.41) is 3.28. The van der Waals surface area contributed by atoms with Crippen molar-refractivity contribution in [2.75, 3.05) is 14.2 Å². The minimum atomic E-state index is -0.206. The molecule has 4 rings (SSSR count). The highest BCUT2D eigenvalue weighted by molar-refractivity contribution is 7.07. The molecule has 0 fully saturated rings. The maximum absolute atomic E-state index is 12.6. The van der Waals surface area contributed by atoms with E-state index in [1.807, 2.05) is 54.6 Å². The normalized spacial score (nSPS) is 10.5. The van der Waals surface area contributed by atoms with Crippen LogP contribution in [0.5, 0.6) is 22.4 Å². The summed E-state index contributed by atoms with van der Waals surface area (Å²) in [5.41, 5.74) is 2.52. The molecule has 1 amide bonds. The van der Waals surface area contributed by atoms with Crippen LogP contribution in [0.25, 0.3) is 0 Å². The summed E-state index contributed by atoms with van der Waals surface area (Å²) in [6.45, 7) is 0.436. The van der Waals surface area contributed by atoms with Crippen LogP contribution in [0.15, 0.2) is 72.8 Å². The van der Waals surface area contributed by atoms with E-state index >= 15 is 0 Å². The molecule has 0 atom stereocenters. The number of hydrogen-bond donors (Lipinski definition) is 1. The van der Waals surface area contributed by atoms with E-state index in [4.69, 9.17) is 14.2 Å². The van der Waals surface area contributed by atoms with Gasteiger partial charge in [0.15, 0.2) is 17.3 Å². The van der Waals surface area contributed by atoms with Crippen molar-refractivity contribution in [2.24, 2.45) is 0 Å². The van der Waals surface area contributed by atoms with E-state index in [2.05, 4.69) is 14.7 Å². The van der Waals surface area contributed by atoms with Crippen molar-refractivity contribution in [3.8, 4) is 22.4 Å². The summed E-state index contributed by atoms with van der Waals surface area (Å²) in [6, 6.07) is 22.5. The number of hydrogen-bond acceptors (Lipinski definition) is 7. The predicted octanol–water partition coefficient (Wildman–Crippen LogP) is 4.87. The van der Waals surface area contributed by atoms with E-state index in [1.54, 1.807) is 32.4 Å². The third-order valence-corrected chi connectivity index (χ3v) is 5.50. The molecule has 1 aromatic heterocycles. The van der Waals surface area contributed by atoms with Gasteiger partial charge < -0.3 is 19.5 Å². The number of rotatable bonds is 9. The van der Waals surface area contributed by atoms with Gasteiger partial charge in [-0.2, -0.15) is 9.36 Å². The monoisotopic (exact) mass is 461 g/mol. The SMILES string of the molecule is COc1cccc(Cc2nsc(Oc3cc(C(=O)NCc4ccccc4)ccc3OC)n2)c1. The third-order valence-electron chi connectivity index (χ3n) is 4.86. The number of amides is 1. The van der Waals surface area contributed by atoms with Gasteiger partial charge >= 0.3 is 0 Å². The van der Waals surface area contributed by atoms with Crippen LogP contribution in [0.1, 0.15) is 27.3 Å². The van der Waals surface area contributed by atoms with Crippen molar-refractivity contribution in [1.82, 2.24) is 14.7 Å². The van der Waals surface area contributed by atoms with Crippen molar-refractivity contribution in [3.63, 3.8) is 0 Å². The van der Waals surface area contributed by atoms with E-state index in [-0.39, 0.29) is 5.91 Å². The minimum Gasteiger partial charge on any atom is -0.497 e. The van der Waals surface area contributed by atoms with Gasteiger partial charge in [-0.25, -0.2) is 0 Å². The van der Waals surface area contributed by atoms with Crippen LogP contribution in [0.4, 0.5) is 0 Å². The van der Waals surface area contributed by atoms with Crippen LogP contribution in [0.2, 0.25) is 0 Å². The average molecular weight is 462 g/mol. The van der Waals surface area contributed by atoms with Crippen molar-refractivity contribution in [1.29, 1.82) is 0 Å². The fraction of sp³-hybridized carbons (Fsp3) is 0.160. The summed E-state index contributed by atoms with van der Waals surface area (Å²) in [5.74, 6) is 2.11. The molecule has 0 spiro atoms. The lowest BCUT2D eigenvalue weighted by Crippen LogP contribution is -2.22. The molecule has 8 heteroatoms. The molecule has 0 saturated carbocycles. The molecule has 0 aliphatic carbocycles. The summed E-state index contributed by atoms with van der Waals surface area (Å²) >= 11 is 1.14. The number of nitrogens with one attached hydrogen (secondary N) is 1. The number of nitrogens with zero attached hydrogens (tertiary/aromatic N) is 2. The van der Waals surface area contributed by atoms with Crippen LogP contribution in [0, 0.1) is 0 Å². The van der Waals surface area contributed by atoms with Gasteiger partial charge in [0.25, 0.3) is 11.1 Å². The van der Waals surface area contributed by atoms with Crippen LogP contribution < -0.4 is 19.5 Å². The molecular formula is C25H23N3O4S. The van der Waals surface area contributed by atoms with Crippen LogP contribution in [-0.4, -0.2) is 29.5 Å². The molecule has 1 N–H and O–H groups in total. The van der Waals surface area contributed by atoms with E-state index < -0.39 is 0 Å². The highest BCUT2D eigenvalue weighted by atomic mass is 32.1. The Morgan fingerprint density at radius 3 is 2.52 bits per heavy atom. The zero-order valence-corrected chi connectivity index (χ0v) is 19.1. The first-order chi connectivity index (χ1) is 16.1. The van der Waals surface area contributed by atoms with Gasteiger partial charge in [0.05, 0.1) is 14.2 Å². The first-order valence-corrected chi connectivity index (χ1v) is 11.1. The van der Waals surface area contributed by atoms with Gasteiger partial charge in [0.2, 0.25) is 0 Å². The first-order valence-electron chi connectivity index (χ1n) is 10.3. The molecule has 7 nitrogen and oxygen atoms in total. The number of carbonyl (C=O) groups is 1. The molecule has 0 bridgehead atoms. The lowest BCUT2D eigenvalue weighted by molar-refractivity contribution is 0.0950. The lowest BCUT2D eigenvalue weighted by Gasteiger charge is -2.10. The summed E-state index contributed by atoms with van der Waals surface area (Å²) in [7, 11) is 3.18. The summed E-state index contributed by atoms with van der Waals surface area (Å²) in [4.78, 5) is 17.1. The van der Waals surface area contributed by atoms with E-state index in [9.17, 15) is 4.79 Å². The van der Waals surface area contributed by atoms with Crippen molar-refractivity contribution < 1.29 is 19.0 Å². The molecule has 0 aliphatic rings. The predicted molar refractivity (Wildman–Crippen MR) is 126 cm³/mol. The van der Waals surface area contributed by atoms with Crippen LogP contribution in [-0.2, 0) is 13.0 Å². The maximum Gasteiger partial charge on any atom is 0.298 e. The Kier molecular flexibility index (Phi) is 7.16. The molecule has 0 radical (unpaired) electrons. The van der Waals surface area contributed by atoms with Gasteiger partial charge in [-0.15, -0.1) is 0 Å². The van der Waals surface area contributed by atoms with E-state index in [0.29, 0.717) is 41.0 Å². The molecule has 4 aromatic rings. The Morgan fingerprint density at radius 1 is 0.909 bits per heavy atom. The molecule has 1 heterocycles. The zero-order valence-electron chi connectivity index (χ0n) is 18.3. The number of ether oxygens (including phenoxy) is 3. The topological polar surface area (TPSA) is 82.6 Å². The molecule has 0 aliphatic heterocycles. The summed E-state index contributed by atoms with van der Waals surface area (Å²) < 4.78 is 21.0. The van der Waals surface area contributed by atoms with Gasteiger partial charge in [0, 0.05) is 30.1 Å². The average Bonchev–Trinajstić information content (AvgIpc) is 3.29. The summed E-state index contributed by atoms with van der Waals surface area (Å²) in [6.07, 6.45) is 0.552. The minimum absolute atomic E-state index is 0.206. The highest BCUT2D eigenvalue weighted by Crippen LogP contribution is 2.33. The fourth-order valence-corrected chi connectivity index (χ4v) is 3.75. The molecular weight excluding hydrogens is 438 g/mol. The maximum atomic E-state index is 12.6. The fourth-order valence-electron chi connectivity index (χ4n) is 3.19. The van der Waals surface area contributed by atoms with Crippen molar-refractivity contribution in [3.05, 3.63) is 95.3 Å². The Hall–Kier alpha value is -3.91. The van der Waals surface area contributed by atoms with Gasteiger partial charge in [-0.05, 0) is 41.5 Å². The second kappa shape index (κ2) is 10.6. The highest BCUT2D eigenvalue weighted by Gasteiger charge is 2.15. The first kappa shape index (κ1) is 22.3. The smallest absolute Gasteiger partial charge is 0.298 e. The van der Waals surface area contributed by atoms with Crippen molar-refractivity contribution in [2.45, 2.75) is 13.0 Å². The van der Waals surface area contributed by atoms with Gasteiger partial charge in [0.1, 0.15) is 5.75 Å². The van der Waals surface area contributed by atoms with Crippen LogP contribution >= 0.6 is 11.5 Å². The Labute approximate surface area is 196 Å². The molecule has 0 unspecified atom stereocenters. The second-order valence-electron chi connectivity index (χ2n) is 7.14. The number of carbonyl (C=O) groups excluding carboxylic acids is 1. The second-order valence-corrected chi connectivity index (χ2v) is 7.86. The standard InChI is InChI=1S/C25H23N3O4S/c1-30-20-10-6-9-18(13-20)14-23-27-25(33-28-23)32-22-15-19(11-12-21(22)31-2)24(29)26-16-17-7-4-3-5-8-17/h3-13,15H,14,16H2,1-2H3,(H,26,29). The molecule has 3 aromatic carbocycles. The zero-order chi connectivity index (χ0) is 23.0. The molecule has 0 saturated heterocycles. The van der Waals surface area contributed by atoms with Crippen molar-refractivity contribution >= 4 is 17.4 Å².